The van der Waals surface area contributed by atoms with Crippen molar-refractivity contribution < 1.29 is 14.7 Å². The van der Waals surface area contributed by atoms with Crippen LogP contribution in [0.2, 0.25) is 0 Å². The highest BCUT2D eigenvalue weighted by molar-refractivity contribution is 14.1. The van der Waals surface area contributed by atoms with Gasteiger partial charge < -0.3 is 5.11 Å². The number of hydrogen-bond acceptors (Lipinski definition) is 2. The largest absolute Gasteiger partial charge is 0.478 e. The zero-order valence-corrected chi connectivity index (χ0v) is 8.61. The first kappa shape index (κ1) is 9.97. The Morgan fingerprint density at radius 2 is 1.92 bits per heavy atom. The molecule has 0 atom stereocenters. The van der Waals surface area contributed by atoms with Crippen LogP contribution in [0.25, 0.3) is 0 Å². The van der Waals surface area contributed by atoms with E-state index in [0.29, 0.717) is 5.56 Å². The summed E-state index contributed by atoms with van der Waals surface area (Å²) >= 11 is 1.70. The SMILES string of the molecule is O=C(O)c1cccc(C(=O)NI)c1. The lowest BCUT2D eigenvalue weighted by atomic mass is 10.1. The Morgan fingerprint density at radius 1 is 1.31 bits per heavy atom. The molecule has 4 nitrogen and oxygen atoms in total. The number of aromatic carboxylic acids is 1. The molecule has 0 radical (unpaired) electrons. The Balaban J connectivity index is 3.05. The van der Waals surface area contributed by atoms with Gasteiger partial charge in [-0.25, -0.2) is 4.79 Å². The minimum atomic E-state index is -1.04. The Labute approximate surface area is 88.4 Å². The lowest BCUT2D eigenvalue weighted by molar-refractivity contribution is 0.0697. The Kier molecular flexibility index (Phi) is 3.24. The molecule has 0 fully saturated rings. The second-order valence-corrected chi connectivity index (χ2v) is 2.85. The van der Waals surface area contributed by atoms with Crippen LogP contribution in [-0.2, 0) is 0 Å². The van der Waals surface area contributed by atoms with Gasteiger partial charge in [-0.15, -0.1) is 0 Å². The van der Waals surface area contributed by atoms with E-state index in [0.717, 1.165) is 0 Å². The third kappa shape index (κ3) is 2.41. The Morgan fingerprint density at radius 3 is 2.46 bits per heavy atom. The van der Waals surface area contributed by atoms with Gasteiger partial charge in [-0.2, -0.15) is 0 Å². The molecule has 0 bridgehead atoms. The summed E-state index contributed by atoms with van der Waals surface area (Å²) < 4.78 is 2.39. The molecule has 1 amide bonds. The fraction of sp³-hybridized carbons (Fsp3) is 0. The van der Waals surface area contributed by atoms with Crippen molar-refractivity contribution in [1.82, 2.24) is 3.53 Å². The highest BCUT2D eigenvalue weighted by atomic mass is 127. The van der Waals surface area contributed by atoms with Gasteiger partial charge in [0.2, 0.25) is 0 Å². The maximum absolute atomic E-state index is 11.1. The van der Waals surface area contributed by atoms with E-state index in [1.54, 1.807) is 28.9 Å². The van der Waals surface area contributed by atoms with E-state index in [9.17, 15) is 9.59 Å². The molecule has 0 saturated heterocycles. The van der Waals surface area contributed by atoms with Crippen molar-refractivity contribution in [3.63, 3.8) is 0 Å². The van der Waals surface area contributed by atoms with Gasteiger partial charge in [0.25, 0.3) is 5.91 Å². The summed E-state index contributed by atoms with van der Waals surface area (Å²) in [5.41, 5.74) is 0.451. The van der Waals surface area contributed by atoms with Crippen LogP contribution in [0.3, 0.4) is 0 Å². The zero-order chi connectivity index (χ0) is 9.84. The zero-order valence-electron chi connectivity index (χ0n) is 6.45. The van der Waals surface area contributed by atoms with Crippen molar-refractivity contribution in [1.29, 1.82) is 0 Å². The molecule has 1 rings (SSSR count). The van der Waals surface area contributed by atoms with E-state index in [-0.39, 0.29) is 11.5 Å². The molecule has 5 heteroatoms. The monoisotopic (exact) mass is 291 g/mol. The summed E-state index contributed by atoms with van der Waals surface area (Å²) in [6, 6.07) is 5.85. The number of hydrogen-bond donors (Lipinski definition) is 2. The van der Waals surface area contributed by atoms with E-state index in [1.165, 1.54) is 18.2 Å². The molecule has 0 heterocycles. The van der Waals surface area contributed by atoms with Gasteiger partial charge in [0, 0.05) is 5.56 Å². The van der Waals surface area contributed by atoms with Crippen molar-refractivity contribution in [3.05, 3.63) is 35.4 Å². The van der Waals surface area contributed by atoms with Gasteiger partial charge in [-0.3, -0.25) is 8.32 Å². The average molecular weight is 291 g/mol. The molecule has 68 valence electrons. The second-order valence-electron chi connectivity index (χ2n) is 2.31. The molecule has 0 aliphatic heterocycles. The number of carbonyl (C=O) groups is 2. The molecule has 13 heavy (non-hydrogen) atoms. The molecule has 0 aliphatic carbocycles. The van der Waals surface area contributed by atoms with E-state index in [1.807, 2.05) is 0 Å². The maximum atomic E-state index is 11.1. The first-order valence-corrected chi connectivity index (χ1v) is 4.47. The van der Waals surface area contributed by atoms with Gasteiger partial charge >= 0.3 is 5.97 Å². The maximum Gasteiger partial charge on any atom is 0.335 e. The van der Waals surface area contributed by atoms with Crippen molar-refractivity contribution in [2.75, 3.05) is 0 Å². The minimum Gasteiger partial charge on any atom is -0.478 e. The summed E-state index contributed by atoms with van der Waals surface area (Å²) in [5.74, 6) is -1.34. The fourth-order valence-electron chi connectivity index (χ4n) is 0.848. The molecule has 0 aliphatic rings. The third-order valence-electron chi connectivity index (χ3n) is 1.46. The molecular formula is C8H6INO3. The van der Waals surface area contributed by atoms with Crippen molar-refractivity contribution in [2.24, 2.45) is 0 Å². The summed E-state index contributed by atoms with van der Waals surface area (Å²) in [5, 5.41) is 8.63. The summed E-state index contributed by atoms with van der Waals surface area (Å²) in [6.07, 6.45) is 0. The number of amides is 1. The molecule has 2 N–H and O–H groups in total. The Hall–Kier alpha value is -1.11. The fourth-order valence-corrected chi connectivity index (χ4v) is 1.16. The highest BCUT2D eigenvalue weighted by Crippen LogP contribution is 2.05. The third-order valence-corrected chi connectivity index (χ3v) is 1.95. The van der Waals surface area contributed by atoms with Gasteiger partial charge in [0.15, 0.2) is 0 Å². The molecule has 0 spiro atoms. The van der Waals surface area contributed by atoms with Gasteiger partial charge in [0.1, 0.15) is 0 Å². The molecule has 0 aromatic heterocycles. The van der Waals surface area contributed by atoms with Crippen LogP contribution in [0, 0.1) is 0 Å². The van der Waals surface area contributed by atoms with Crippen molar-refractivity contribution in [3.8, 4) is 0 Å². The number of carboxylic acids is 1. The number of benzene rings is 1. The van der Waals surface area contributed by atoms with Crippen LogP contribution in [0.1, 0.15) is 20.7 Å². The van der Waals surface area contributed by atoms with E-state index < -0.39 is 5.97 Å². The predicted molar refractivity (Wildman–Crippen MR) is 54.9 cm³/mol. The summed E-state index contributed by atoms with van der Waals surface area (Å²) in [4.78, 5) is 21.6. The molecule has 1 aromatic carbocycles. The van der Waals surface area contributed by atoms with Crippen molar-refractivity contribution in [2.45, 2.75) is 0 Å². The number of carbonyl (C=O) groups excluding carboxylic acids is 1. The second kappa shape index (κ2) is 4.22. The quantitative estimate of drug-likeness (QED) is 0.640. The first-order chi connectivity index (χ1) is 6.15. The van der Waals surface area contributed by atoms with Crippen LogP contribution >= 0.6 is 22.9 Å². The van der Waals surface area contributed by atoms with Crippen LogP contribution in [-0.4, -0.2) is 17.0 Å². The minimum absolute atomic E-state index is 0.109. The number of carboxylic acid groups (broad SMARTS) is 1. The lowest BCUT2D eigenvalue weighted by Gasteiger charge is -1.99. The van der Waals surface area contributed by atoms with Crippen LogP contribution in [0.4, 0.5) is 0 Å². The van der Waals surface area contributed by atoms with Gasteiger partial charge in [-0.05, 0) is 18.2 Å². The highest BCUT2D eigenvalue weighted by Gasteiger charge is 2.07. The van der Waals surface area contributed by atoms with Gasteiger partial charge in [0.05, 0.1) is 28.4 Å². The van der Waals surface area contributed by atoms with E-state index in [4.69, 9.17) is 5.11 Å². The average Bonchev–Trinajstić information content (AvgIpc) is 2.17. The normalized spacial score (nSPS) is 9.31. The van der Waals surface area contributed by atoms with Crippen molar-refractivity contribution >= 4 is 34.7 Å². The lowest BCUT2D eigenvalue weighted by Crippen LogP contribution is -2.12. The summed E-state index contributed by atoms with van der Waals surface area (Å²) in [7, 11) is 0. The molecule has 1 aromatic rings. The first-order valence-electron chi connectivity index (χ1n) is 3.39. The number of halogens is 1. The summed E-state index contributed by atoms with van der Waals surface area (Å²) in [6.45, 7) is 0. The Bertz CT molecular complexity index is 351. The molecular weight excluding hydrogens is 285 g/mol. The number of nitrogens with one attached hydrogen (secondary N) is 1. The number of rotatable bonds is 2. The van der Waals surface area contributed by atoms with E-state index >= 15 is 0 Å². The molecule has 0 saturated carbocycles. The van der Waals surface area contributed by atoms with E-state index in [2.05, 4.69) is 3.53 Å². The van der Waals surface area contributed by atoms with Crippen LogP contribution < -0.4 is 3.53 Å². The standard InChI is InChI=1S/C8H6INO3/c9-10-7(11)5-2-1-3-6(4-5)8(12)13/h1-4H,(H,10,11)(H,12,13). The van der Waals surface area contributed by atoms with Crippen LogP contribution in [0.5, 0.6) is 0 Å². The molecule has 0 unspecified atom stereocenters. The van der Waals surface area contributed by atoms with Gasteiger partial charge in [-0.1, -0.05) is 6.07 Å². The van der Waals surface area contributed by atoms with Crippen LogP contribution in [0.15, 0.2) is 24.3 Å². The smallest absolute Gasteiger partial charge is 0.335 e. The predicted octanol–water partition coefficient (Wildman–Crippen LogP) is 1.46. The topological polar surface area (TPSA) is 66.4 Å².